The van der Waals surface area contributed by atoms with Crippen molar-refractivity contribution >= 4 is 10.0 Å². The topological polar surface area (TPSA) is 83.2 Å². The molecule has 2 rings (SSSR count). The Balaban J connectivity index is 1.92. The molecule has 19 heavy (non-hydrogen) atoms. The number of rotatable bonds is 6. The van der Waals surface area contributed by atoms with Crippen molar-refractivity contribution in [1.29, 1.82) is 0 Å². The number of hydrogen-bond acceptors (Lipinski definition) is 4. The molecule has 6 nitrogen and oxygen atoms in total. The monoisotopic (exact) mass is 287 g/mol. The van der Waals surface area contributed by atoms with E-state index in [-0.39, 0.29) is 10.8 Å². The molecule has 0 amide bonds. The van der Waals surface area contributed by atoms with E-state index in [0.29, 0.717) is 19.7 Å². The number of aromatic amines is 1. The number of aromatic nitrogens is 1. The molecule has 108 valence electrons. The normalized spacial score (nSPS) is 20.6. The summed E-state index contributed by atoms with van der Waals surface area (Å²) in [6.45, 7) is 2.48. The molecule has 1 aromatic heterocycles. The van der Waals surface area contributed by atoms with Gasteiger partial charge >= 0.3 is 0 Å². The third-order valence-electron chi connectivity index (χ3n) is 3.21. The van der Waals surface area contributed by atoms with Gasteiger partial charge in [0, 0.05) is 31.6 Å². The maximum Gasteiger partial charge on any atom is 0.242 e. The molecular formula is C12H21N3O3S. The summed E-state index contributed by atoms with van der Waals surface area (Å²) in [6, 6.07) is 1.65. The third-order valence-corrected chi connectivity index (χ3v) is 4.61. The molecule has 0 saturated carbocycles. The van der Waals surface area contributed by atoms with Crippen LogP contribution in [0.3, 0.4) is 0 Å². The molecule has 1 aliphatic heterocycles. The Kier molecular flexibility index (Phi) is 4.98. The first kappa shape index (κ1) is 14.5. The lowest BCUT2D eigenvalue weighted by molar-refractivity contribution is 0.0568. The molecule has 1 atom stereocenters. The highest BCUT2D eigenvalue weighted by atomic mass is 32.2. The maximum atomic E-state index is 12.1. The zero-order chi connectivity index (χ0) is 13.7. The predicted molar refractivity (Wildman–Crippen MR) is 72.3 cm³/mol. The van der Waals surface area contributed by atoms with E-state index in [4.69, 9.17) is 4.74 Å². The fourth-order valence-corrected chi connectivity index (χ4v) is 3.28. The quantitative estimate of drug-likeness (QED) is 0.709. The lowest BCUT2D eigenvalue weighted by Gasteiger charge is -2.21. The molecule has 1 saturated heterocycles. The number of H-pyrrole nitrogens is 1. The van der Waals surface area contributed by atoms with Gasteiger partial charge in [-0.2, -0.15) is 0 Å². The summed E-state index contributed by atoms with van der Waals surface area (Å²) in [6.07, 6.45) is 3.54. The van der Waals surface area contributed by atoms with Gasteiger partial charge in [-0.05, 0) is 31.9 Å². The van der Waals surface area contributed by atoms with Crippen LogP contribution in [0.25, 0.3) is 0 Å². The Labute approximate surface area is 114 Å². The molecular weight excluding hydrogens is 266 g/mol. The Bertz CT molecular complexity index is 492. The minimum atomic E-state index is -3.42. The van der Waals surface area contributed by atoms with E-state index in [1.54, 1.807) is 6.07 Å². The van der Waals surface area contributed by atoms with Crippen molar-refractivity contribution in [3.8, 4) is 0 Å². The van der Waals surface area contributed by atoms with Gasteiger partial charge in [0.2, 0.25) is 10.0 Å². The maximum absolute atomic E-state index is 12.1. The standard InChI is InChI=1S/C12H21N3O3S/c1-13-7-11-5-12(8-14-11)19(16,17)15-6-10-3-2-4-18-9-10/h5,8,10,13-15H,2-4,6-7,9H2,1H3. The van der Waals surface area contributed by atoms with Gasteiger partial charge < -0.3 is 15.0 Å². The van der Waals surface area contributed by atoms with Crippen molar-refractivity contribution in [2.75, 3.05) is 26.8 Å². The van der Waals surface area contributed by atoms with Gasteiger partial charge in [-0.15, -0.1) is 0 Å². The van der Waals surface area contributed by atoms with Crippen molar-refractivity contribution in [3.63, 3.8) is 0 Å². The van der Waals surface area contributed by atoms with Crippen LogP contribution in [0.2, 0.25) is 0 Å². The predicted octanol–water partition coefficient (Wildman–Crippen LogP) is 0.439. The molecule has 7 heteroatoms. The van der Waals surface area contributed by atoms with Crippen molar-refractivity contribution in [3.05, 3.63) is 18.0 Å². The van der Waals surface area contributed by atoms with Crippen LogP contribution in [-0.2, 0) is 21.3 Å². The van der Waals surface area contributed by atoms with Gasteiger partial charge in [0.1, 0.15) is 0 Å². The first-order valence-corrected chi connectivity index (χ1v) is 7.99. The van der Waals surface area contributed by atoms with E-state index in [1.165, 1.54) is 6.20 Å². The minimum Gasteiger partial charge on any atom is -0.381 e. The molecule has 2 heterocycles. The molecule has 1 aliphatic rings. The van der Waals surface area contributed by atoms with Crippen molar-refractivity contribution in [2.45, 2.75) is 24.3 Å². The van der Waals surface area contributed by atoms with Crippen molar-refractivity contribution < 1.29 is 13.2 Å². The molecule has 0 bridgehead atoms. The zero-order valence-corrected chi connectivity index (χ0v) is 11.9. The second kappa shape index (κ2) is 6.51. The lowest BCUT2D eigenvalue weighted by atomic mass is 10.0. The molecule has 1 aromatic rings. The average Bonchev–Trinajstić information content (AvgIpc) is 2.88. The molecule has 0 radical (unpaired) electrons. The Morgan fingerprint density at radius 1 is 1.53 bits per heavy atom. The molecule has 0 aromatic carbocycles. The van der Waals surface area contributed by atoms with Crippen LogP contribution < -0.4 is 10.0 Å². The summed E-state index contributed by atoms with van der Waals surface area (Å²) < 4.78 is 32.2. The van der Waals surface area contributed by atoms with Crippen molar-refractivity contribution in [2.24, 2.45) is 5.92 Å². The first-order valence-electron chi connectivity index (χ1n) is 6.51. The smallest absolute Gasteiger partial charge is 0.242 e. The summed E-state index contributed by atoms with van der Waals surface area (Å²) in [5.41, 5.74) is 0.851. The van der Waals surface area contributed by atoms with E-state index in [0.717, 1.165) is 25.1 Å². The van der Waals surface area contributed by atoms with E-state index < -0.39 is 10.0 Å². The molecule has 1 fully saturated rings. The molecule has 0 aliphatic carbocycles. The summed E-state index contributed by atoms with van der Waals surface area (Å²) in [7, 11) is -1.61. The van der Waals surface area contributed by atoms with E-state index >= 15 is 0 Å². The zero-order valence-electron chi connectivity index (χ0n) is 11.1. The molecule has 1 unspecified atom stereocenters. The number of ether oxygens (including phenoxy) is 1. The fraction of sp³-hybridized carbons (Fsp3) is 0.667. The van der Waals surface area contributed by atoms with E-state index in [2.05, 4.69) is 15.0 Å². The summed E-state index contributed by atoms with van der Waals surface area (Å²) in [5.74, 6) is 0.277. The average molecular weight is 287 g/mol. The van der Waals surface area contributed by atoms with Crippen molar-refractivity contribution in [1.82, 2.24) is 15.0 Å². The largest absolute Gasteiger partial charge is 0.381 e. The first-order chi connectivity index (χ1) is 9.12. The Hall–Kier alpha value is -0.890. The summed E-state index contributed by atoms with van der Waals surface area (Å²) in [4.78, 5) is 3.23. The molecule has 3 N–H and O–H groups in total. The second-order valence-electron chi connectivity index (χ2n) is 4.83. The fourth-order valence-electron chi connectivity index (χ4n) is 2.15. The second-order valence-corrected chi connectivity index (χ2v) is 6.59. The van der Waals surface area contributed by atoms with Crippen LogP contribution in [0.4, 0.5) is 0 Å². The van der Waals surface area contributed by atoms with Crippen LogP contribution in [-0.4, -0.2) is 40.2 Å². The Morgan fingerprint density at radius 3 is 3.05 bits per heavy atom. The summed E-state index contributed by atoms with van der Waals surface area (Å²) >= 11 is 0. The van der Waals surface area contributed by atoms with Gasteiger partial charge in [-0.3, -0.25) is 0 Å². The SMILES string of the molecule is CNCc1cc(S(=O)(=O)NCC2CCCOC2)c[nH]1. The number of nitrogens with one attached hydrogen (secondary N) is 3. The number of sulfonamides is 1. The number of hydrogen-bond donors (Lipinski definition) is 3. The van der Waals surface area contributed by atoms with Crippen LogP contribution in [0.5, 0.6) is 0 Å². The van der Waals surface area contributed by atoms with Gasteiger partial charge in [-0.25, -0.2) is 13.1 Å². The highest BCUT2D eigenvalue weighted by Crippen LogP contribution is 2.15. The van der Waals surface area contributed by atoms with Gasteiger partial charge in [0.25, 0.3) is 0 Å². The highest BCUT2D eigenvalue weighted by molar-refractivity contribution is 7.89. The van der Waals surface area contributed by atoms with Crippen LogP contribution in [0.1, 0.15) is 18.5 Å². The van der Waals surface area contributed by atoms with Crippen LogP contribution in [0, 0.1) is 5.92 Å². The molecule has 0 spiro atoms. The van der Waals surface area contributed by atoms with Crippen LogP contribution in [0.15, 0.2) is 17.2 Å². The van der Waals surface area contributed by atoms with E-state index in [1.807, 2.05) is 7.05 Å². The van der Waals surface area contributed by atoms with E-state index in [9.17, 15) is 8.42 Å². The highest BCUT2D eigenvalue weighted by Gasteiger charge is 2.20. The third kappa shape index (κ3) is 4.04. The van der Waals surface area contributed by atoms with Gasteiger partial charge in [0.05, 0.1) is 11.5 Å². The lowest BCUT2D eigenvalue weighted by Crippen LogP contribution is -2.33. The van der Waals surface area contributed by atoms with Crippen LogP contribution >= 0.6 is 0 Å². The summed E-state index contributed by atoms with van der Waals surface area (Å²) in [5, 5.41) is 2.97. The Morgan fingerprint density at radius 2 is 2.37 bits per heavy atom. The minimum absolute atomic E-state index is 0.277. The van der Waals surface area contributed by atoms with Gasteiger partial charge in [0.15, 0.2) is 0 Å². The van der Waals surface area contributed by atoms with Gasteiger partial charge in [-0.1, -0.05) is 0 Å².